The van der Waals surface area contributed by atoms with Crippen LogP contribution in [0.5, 0.6) is 0 Å². The number of hydrogen-bond donors (Lipinski definition) is 3. The average molecular weight is 272 g/mol. The van der Waals surface area contributed by atoms with Crippen LogP contribution in [0, 0.1) is 11.6 Å². The lowest BCUT2D eigenvalue weighted by Gasteiger charge is -2.12. The Balaban J connectivity index is 2.64. The van der Waals surface area contributed by atoms with Gasteiger partial charge in [0.2, 0.25) is 0 Å². The van der Waals surface area contributed by atoms with Crippen LogP contribution in [0.1, 0.15) is 13.3 Å². The van der Waals surface area contributed by atoms with E-state index in [1.54, 1.807) is 6.92 Å². The number of benzene rings is 1. The maximum atomic E-state index is 13.2. The number of hydrogen-bond acceptors (Lipinski definition) is 3. The van der Waals surface area contributed by atoms with Crippen LogP contribution in [0.3, 0.4) is 0 Å². The highest BCUT2D eigenvalue weighted by Crippen LogP contribution is 2.14. The predicted molar refractivity (Wildman–Crippen MR) is 64.3 cm³/mol. The van der Waals surface area contributed by atoms with Gasteiger partial charge in [-0.1, -0.05) is 0 Å². The molecule has 0 bridgehead atoms. The first kappa shape index (κ1) is 15.0. The number of anilines is 1. The molecule has 0 aliphatic heterocycles. The van der Waals surface area contributed by atoms with Gasteiger partial charge in [-0.25, -0.2) is 8.78 Å². The molecule has 2 amide bonds. The smallest absolute Gasteiger partial charge is 0.313 e. The number of rotatable bonds is 4. The van der Waals surface area contributed by atoms with E-state index in [0.29, 0.717) is 0 Å². The molecule has 1 atom stereocenters. The minimum atomic E-state index is -1.10. The maximum absolute atomic E-state index is 13.2. The quantitative estimate of drug-likeness (QED) is 0.709. The van der Waals surface area contributed by atoms with E-state index in [0.717, 1.165) is 18.2 Å². The Hall–Kier alpha value is -2.02. The molecule has 104 valence electrons. The first-order valence-electron chi connectivity index (χ1n) is 5.61. The van der Waals surface area contributed by atoms with Crippen molar-refractivity contribution in [3.63, 3.8) is 0 Å². The third kappa shape index (κ3) is 4.63. The molecular weight excluding hydrogens is 258 g/mol. The van der Waals surface area contributed by atoms with Crippen LogP contribution in [-0.4, -0.2) is 29.6 Å². The van der Waals surface area contributed by atoms with E-state index in [9.17, 15) is 18.4 Å². The van der Waals surface area contributed by atoms with Gasteiger partial charge >= 0.3 is 11.8 Å². The van der Waals surface area contributed by atoms with Gasteiger partial charge in [0.25, 0.3) is 0 Å². The highest BCUT2D eigenvalue weighted by atomic mass is 19.1. The Morgan fingerprint density at radius 2 is 2.00 bits per heavy atom. The molecule has 0 heterocycles. The van der Waals surface area contributed by atoms with Gasteiger partial charge in [0.15, 0.2) is 0 Å². The molecule has 19 heavy (non-hydrogen) atoms. The average Bonchev–Trinajstić information content (AvgIpc) is 2.34. The van der Waals surface area contributed by atoms with Crippen molar-refractivity contribution in [3.05, 3.63) is 29.8 Å². The largest absolute Gasteiger partial charge is 0.396 e. The molecule has 7 heteroatoms. The van der Waals surface area contributed by atoms with Crippen molar-refractivity contribution in [2.45, 2.75) is 19.4 Å². The Kier molecular flexibility index (Phi) is 5.37. The van der Waals surface area contributed by atoms with Crippen molar-refractivity contribution in [1.29, 1.82) is 0 Å². The molecule has 0 saturated carbocycles. The molecule has 0 unspecified atom stereocenters. The third-order valence-corrected chi connectivity index (χ3v) is 2.32. The fourth-order valence-corrected chi connectivity index (χ4v) is 1.33. The van der Waals surface area contributed by atoms with E-state index >= 15 is 0 Å². The molecule has 5 nitrogen and oxygen atoms in total. The SMILES string of the molecule is C[C@H](CCO)NC(=O)C(=O)Nc1cc(F)ccc1F. The summed E-state index contributed by atoms with van der Waals surface area (Å²) < 4.78 is 26.1. The van der Waals surface area contributed by atoms with E-state index in [2.05, 4.69) is 5.32 Å². The Morgan fingerprint density at radius 3 is 2.63 bits per heavy atom. The number of nitrogens with one attached hydrogen (secondary N) is 2. The molecule has 1 rings (SSSR count). The maximum Gasteiger partial charge on any atom is 0.313 e. The van der Waals surface area contributed by atoms with Gasteiger partial charge in [-0.05, 0) is 25.5 Å². The van der Waals surface area contributed by atoms with Crippen molar-refractivity contribution in [2.24, 2.45) is 0 Å². The molecule has 1 aromatic rings. The van der Waals surface area contributed by atoms with Gasteiger partial charge in [0.1, 0.15) is 11.6 Å². The highest BCUT2D eigenvalue weighted by molar-refractivity contribution is 6.39. The topological polar surface area (TPSA) is 78.4 Å². The van der Waals surface area contributed by atoms with Crippen molar-refractivity contribution in [1.82, 2.24) is 5.32 Å². The lowest BCUT2D eigenvalue weighted by molar-refractivity contribution is -0.136. The number of halogens is 2. The van der Waals surface area contributed by atoms with Crippen LogP contribution in [0.25, 0.3) is 0 Å². The minimum Gasteiger partial charge on any atom is -0.396 e. The van der Waals surface area contributed by atoms with Gasteiger partial charge < -0.3 is 15.7 Å². The molecule has 0 aliphatic rings. The normalized spacial score (nSPS) is 11.8. The fourth-order valence-electron chi connectivity index (χ4n) is 1.33. The Bertz CT molecular complexity index is 480. The lowest BCUT2D eigenvalue weighted by atomic mass is 10.2. The summed E-state index contributed by atoms with van der Waals surface area (Å²) in [5, 5.41) is 12.9. The second-order valence-electron chi connectivity index (χ2n) is 3.97. The second kappa shape index (κ2) is 6.79. The monoisotopic (exact) mass is 272 g/mol. The predicted octanol–water partition coefficient (Wildman–Crippen LogP) is 0.790. The Labute approximate surface area is 108 Å². The summed E-state index contributed by atoms with van der Waals surface area (Å²) in [7, 11) is 0. The van der Waals surface area contributed by atoms with Crippen LogP contribution < -0.4 is 10.6 Å². The van der Waals surface area contributed by atoms with Crippen LogP contribution in [0.2, 0.25) is 0 Å². The van der Waals surface area contributed by atoms with Gasteiger partial charge in [0.05, 0.1) is 5.69 Å². The summed E-state index contributed by atoms with van der Waals surface area (Å²) in [5.41, 5.74) is -0.407. The van der Waals surface area contributed by atoms with Gasteiger partial charge in [-0.15, -0.1) is 0 Å². The summed E-state index contributed by atoms with van der Waals surface area (Å²) in [6.45, 7) is 1.46. The van der Waals surface area contributed by atoms with Crippen LogP contribution in [0.4, 0.5) is 14.5 Å². The molecule has 0 fully saturated rings. The Morgan fingerprint density at radius 1 is 1.32 bits per heavy atom. The van der Waals surface area contributed by atoms with E-state index in [1.807, 2.05) is 5.32 Å². The second-order valence-corrected chi connectivity index (χ2v) is 3.97. The first-order chi connectivity index (χ1) is 8.93. The highest BCUT2D eigenvalue weighted by Gasteiger charge is 2.17. The minimum absolute atomic E-state index is 0.137. The van der Waals surface area contributed by atoms with Crippen LogP contribution in [0.15, 0.2) is 18.2 Å². The van der Waals surface area contributed by atoms with Crippen molar-refractivity contribution >= 4 is 17.5 Å². The summed E-state index contributed by atoms with van der Waals surface area (Å²) >= 11 is 0. The van der Waals surface area contributed by atoms with Crippen LogP contribution >= 0.6 is 0 Å². The molecule has 0 saturated heterocycles. The zero-order valence-electron chi connectivity index (χ0n) is 10.2. The van der Waals surface area contributed by atoms with Crippen molar-refractivity contribution in [3.8, 4) is 0 Å². The third-order valence-electron chi connectivity index (χ3n) is 2.32. The van der Waals surface area contributed by atoms with Crippen LogP contribution in [-0.2, 0) is 9.59 Å². The summed E-state index contributed by atoms with van der Waals surface area (Å²) in [6, 6.07) is 2.11. The van der Waals surface area contributed by atoms with E-state index in [-0.39, 0.29) is 13.0 Å². The molecular formula is C12H14F2N2O3. The zero-order valence-corrected chi connectivity index (χ0v) is 10.2. The molecule has 0 aliphatic carbocycles. The van der Waals surface area contributed by atoms with Gasteiger partial charge in [-0.3, -0.25) is 9.59 Å². The van der Waals surface area contributed by atoms with E-state index in [1.165, 1.54) is 0 Å². The van der Waals surface area contributed by atoms with Gasteiger partial charge in [-0.2, -0.15) is 0 Å². The zero-order chi connectivity index (χ0) is 14.4. The summed E-state index contributed by atoms with van der Waals surface area (Å²) in [4.78, 5) is 22.8. The number of amides is 2. The standard InChI is InChI=1S/C12H14F2N2O3/c1-7(4-5-17)15-11(18)12(19)16-10-6-8(13)2-3-9(10)14/h2-3,6-7,17H,4-5H2,1H3,(H,15,18)(H,16,19)/t7-/m1/s1. The summed E-state index contributed by atoms with van der Waals surface area (Å²) in [6.07, 6.45) is 0.285. The van der Waals surface area contributed by atoms with E-state index < -0.39 is 35.2 Å². The van der Waals surface area contributed by atoms with Crippen molar-refractivity contribution < 1.29 is 23.5 Å². The number of carbonyl (C=O) groups excluding carboxylic acids is 2. The van der Waals surface area contributed by atoms with Crippen molar-refractivity contribution in [2.75, 3.05) is 11.9 Å². The number of aliphatic hydroxyl groups excluding tert-OH is 1. The molecule has 0 radical (unpaired) electrons. The fraction of sp³-hybridized carbons (Fsp3) is 0.333. The molecule has 0 aromatic heterocycles. The lowest BCUT2D eigenvalue weighted by Crippen LogP contribution is -2.41. The molecule has 3 N–H and O–H groups in total. The molecule has 0 spiro atoms. The number of carbonyl (C=O) groups is 2. The number of aliphatic hydroxyl groups is 1. The molecule has 1 aromatic carbocycles. The first-order valence-corrected chi connectivity index (χ1v) is 5.61. The van der Waals surface area contributed by atoms with E-state index in [4.69, 9.17) is 5.11 Å². The summed E-state index contributed by atoms with van der Waals surface area (Å²) in [5.74, 6) is -3.66. The van der Waals surface area contributed by atoms with Gasteiger partial charge in [0, 0.05) is 18.7 Å².